The highest BCUT2D eigenvalue weighted by Crippen LogP contribution is 2.18. The van der Waals surface area contributed by atoms with Gasteiger partial charge in [0, 0.05) is 24.1 Å². The van der Waals surface area contributed by atoms with Gasteiger partial charge in [-0.15, -0.1) is 6.42 Å². The van der Waals surface area contributed by atoms with Crippen molar-refractivity contribution in [3.05, 3.63) is 65.2 Å². The fraction of sp³-hybridized carbons (Fsp3) is 0.261. The highest BCUT2D eigenvalue weighted by molar-refractivity contribution is 7.89. The zero-order valence-electron chi connectivity index (χ0n) is 17.7. The van der Waals surface area contributed by atoms with Crippen LogP contribution < -0.4 is 11.1 Å². The number of hydroxylamine groups is 1. The fourth-order valence-electron chi connectivity index (χ4n) is 3.05. The minimum Gasteiger partial charge on any atom is -0.366 e. The van der Waals surface area contributed by atoms with Crippen LogP contribution in [0.15, 0.2) is 53.4 Å². The molecule has 0 unspecified atom stereocenters. The van der Waals surface area contributed by atoms with Crippen molar-refractivity contribution in [2.45, 2.75) is 36.6 Å². The van der Waals surface area contributed by atoms with Crippen molar-refractivity contribution in [3.8, 4) is 12.3 Å². The van der Waals surface area contributed by atoms with E-state index in [2.05, 4.69) is 11.2 Å². The molecule has 2 rings (SSSR count). The van der Waals surface area contributed by atoms with Crippen LogP contribution in [-0.4, -0.2) is 48.8 Å². The molecule has 2 aromatic rings. The third-order valence-corrected chi connectivity index (χ3v) is 6.46. The van der Waals surface area contributed by atoms with Crippen molar-refractivity contribution in [1.29, 1.82) is 0 Å². The molecule has 2 aromatic carbocycles. The van der Waals surface area contributed by atoms with Crippen molar-refractivity contribution in [2.24, 2.45) is 5.73 Å². The molecule has 33 heavy (non-hydrogen) atoms. The van der Waals surface area contributed by atoms with E-state index < -0.39 is 27.9 Å². The van der Waals surface area contributed by atoms with Crippen molar-refractivity contribution >= 4 is 28.1 Å². The number of hydrogen-bond acceptors (Lipinski definition) is 6. The molecule has 0 bridgehead atoms. The van der Waals surface area contributed by atoms with Gasteiger partial charge >= 0.3 is 0 Å². The molecule has 0 fully saturated rings. The number of nitrogens with two attached hydrogens (primary N) is 1. The molecule has 173 valence electrons. The van der Waals surface area contributed by atoms with E-state index in [0.29, 0.717) is 30.5 Å². The lowest BCUT2D eigenvalue weighted by Crippen LogP contribution is -2.39. The average Bonchev–Trinajstić information content (AvgIpc) is 2.82. The highest BCUT2D eigenvalue weighted by Gasteiger charge is 2.31. The van der Waals surface area contributed by atoms with E-state index in [0.717, 1.165) is 5.56 Å². The second kappa shape index (κ2) is 11.9. The van der Waals surface area contributed by atoms with Crippen molar-refractivity contribution < 1.29 is 28.0 Å². The SMILES string of the molecule is C#Cc1ccc(S(=O)(=O)N(O)[C@@H]([C]=O)CCC(=O)NCCCc2ccccc2C(N)=O)cc1. The normalized spacial score (nSPS) is 12.0. The van der Waals surface area contributed by atoms with E-state index in [1.807, 2.05) is 0 Å². The van der Waals surface area contributed by atoms with Gasteiger partial charge < -0.3 is 11.1 Å². The lowest BCUT2D eigenvalue weighted by molar-refractivity contribution is -0.121. The summed E-state index contributed by atoms with van der Waals surface area (Å²) in [7, 11) is -4.40. The van der Waals surface area contributed by atoms with Crippen LogP contribution in [-0.2, 0) is 26.0 Å². The first-order valence-electron chi connectivity index (χ1n) is 10.0. The van der Waals surface area contributed by atoms with Gasteiger partial charge in [-0.2, -0.15) is 0 Å². The number of primary amides is 1. The number of sulfonamides is 1. The Morgan fingerprint density at radius 1 is 1.15 bits per heavy atom. The number of carbonyl (C=O) groups excluding carboxylic acids is 3. The van der Waals surface area contributed by atoms with E-state index in [9.17, 15) is 28.0 Å². The van der Waals surface area contributed by atoms with Crippen LogP contribution >= 0.6 is 0 Å². The van der Waals surface area contributed by atoms with Gasteiger partial charge in [0.2, 0.25) is 18.1 Å². The summed E-state index contributed by atoms with van der Waals surface area (Å²) in [4.78, 5) is 34.5. The van der Waals surface area contributed by atoms with Crippen LogP contribution in [0.4, 0.5) is 0 Å². The number of carbonyl (C=O) groups is 2. The molecule has 0 aliphatic heterocycles. The van der Waals surface area contributed by atoms with Gasteiger partial charge in [-0.05, 0) is 55.2 Å². The molecule has 2 amide bonds. The maximum Gasteiger partial charge on any atom is 0.265 e. The fourth-order valence-corrected chi connectivity index (χ4v) is 4.23. The molecule has 0 aliphatic carbocycles. The van der Waals surface area contributed by atoms with Gasteiger partial charge in [0.25, 0.3) is 10.0 Å². The molecule has 1 atom stereocenters. The van der Waals surface area contributed by atoms with Crippen molar-refractivity contribution in [3.63, 3.8) is 0 Å². The van der Waals surface area contributed by atoms with E-state index in [-0.39, 0.29) is 22.2 Å². The van der Waals surface area contributed by atoms with Gasteiger partial charge in [0.15, 0.2) is 0 Å². The number of terminal acetylenes is 1. The van der Waals surface area contributed by atoms with E-state index in [1.54, 1.807) is 24.3 Å². The molecule has 9 nitrogen and oxygen atoms in total. The number of nitrogens with one attached hydrogen (secondary N) is 1. The zero-order valence-corrected chi connectivity index (χ0v) is 18.5. The summed E-state index contributed by atoms with van der Waals surface area (Å²) < 4.78 is 24.9. The molecule has 4 N–H and O–H groups in total. The zero-order chi connectivity index (χ0) is 24.4. The van der Waals surface area contributed by atoms with Crippen LogP contribution in [0.3, 0.4) is 0 Å². The van der Waals surface area contributed by atoms with E-state index >= 15 is 0 Å². The average molecular weight is 471 g/mol. The minimum absolute atomic E-state index is 0.0983. The summed E-state index contributed by atoms with van der Waals surface area (Å²) in [6.45, 7) is 0.296. The third-order valence-electron chi connectivity index (χ3n) is 4.84. The summed E-state index contributed by atoms with van der Waals surface area (Å²) in [6.07, 6.45) is 7.26. The summed E-state index contributed by atoms with van der Waals surface area (Å²) in [5.74, 6) is 1.39. The first kappa shape index (κ1) is 25.7. The predicted molar refractivity (Wildman–Crippen MR) is 120 cm³/mol. The number of hydrogen-bond donors (Lipinski definition) is 3. The number of rotatable bonds is 12. The maximum absolute atomic E-state index is 12.5. The molecule has 10 heteroatoms. The van der Waals surface area contributed by atoms with Gasteiger partial charge in [0.1, 0.15) is 6.04 Å². The first-order chi connectivity index (χ1) is 15.7. The lowest BCUT2D eigenvalue weighted by atomic mass is 10.0. The second-order valence-electron chi connectivity index (χ2n) is 7.09. The molecule has 0 saturated heterocycles. The Morgan fingerprint density at radius 3 is 2.42 bits per heavy atom. The van der Waals surface area contributed by atoms with Crippen LogP contribution in [0.25, 0.3) is 0 Å². The maximum atomic E-state index is 12.5. The Balaban J connectivity index is 1.85. The van der Waals surface area contributed by atoms with E-state index in [4.69, 9.17) is 12.2 Å². The van der Waals surface area contributed by atoms with Crippen molar-refractivity contribution in [1.82, 2.24) is 9.79 Å². The second-order valence-corrected chi connectivity index (χ2v) is 8.89. The summed E-state index contributed by atoms with van der Waals surface area (Å²) in [6, 6.07) is 10.5. The number of nitrogens with zero attached hydrogens (tertiary/aromatic N) is 1. The molecule has 0 saturated carbocycles. The monoisotopic (exact) mass is 470 g/mol. The third kappa shape index (κ3) is 6.98. The van der Waals surface area contributed by atoms with Gasteiger partial charge in [0.05, 0.1) is 4.90 Å². The molecular formula is C23H24N3O6S. The van der Waals surface area contributed by atoms with Crippen LogP contribution in [0.1, 0.15) is 40.7 Å². The van der Waals surface area contributed by atoms with E-state index in [1.165, 1.54) is 30.6 Å². The molecule has 1 radical (unpaired) electrons. The van der Waals surface area contributed by atoms with Crippen LogP contribution in [0.2, 0.25) is 0 Å². The highest BCUT2D eigenvalue weighted by atomic mass is 32.2. The van der Waals surface area contributed by atoms with Gasteiger partial charge in [-0.1, -0.05) is 28.6 Å². The Hall–Kier alpha value is -3.52. The largest absolute Gasteiger partial charge is 0.366 e. The topological polar surface area (TPSA) is 147 Å². The predicted octanol–water partition coefficient (Wildman–Crippen LogP) is 1.15. The van der Waals surface area contributed by atoms with Crippen LogP contribution in [0.5, 0.6) is 0 Å². The molecule has 0 spiro atoms. The van der Waals surface area contributed by atoms with Crippen LogP contribution in [0, 0.1) is 12.3 Å². The molecular weight excluding hydrogens is 446 g/mol. The summed E-state index contributed by atoms with van der Waals surface area (Å²) >= 11 is 0. The molecule has 0 aromatic heterocycles. The summed E-state index contributed by atoms with van der Waals surface area (Å²) in [5, 5.41) is 12.8. The minimum atomic E-state index is -4.40. The molecule has 0 heterocycles. The van der Waals surface area contributed by atoms with Gasteiger partial charge in [-0.25, -0.2) is 8.42 Å². The molecule has 0 aliphatic rings. The van der Waals surface area contributed by atoms with Crippen molar-refractivity contribution in [2.75, 3.05) is 6.54 Å². The standard InChI is InChI=1S/C23H24N3O6S/c1-2-17-9-12-20(13-10-17)33(31,32)26(30)19(16-27)11-14-22(28)25-15-5-7-18-6-3-4-8-21(18)23(24)29/h1,3-4,6,8-10,12-13,19,30H,5,7,11,14-15H2,(H2,24,29)(H,25,28)/t19-/m1/s1. The first-order valence-corrected chi connectivity index (χ1v) is 11.5. The smallest absolute Gasteiger partial charge is 0.265 e. The Bertz CT molecular complexity index is 1140. The lowest BCUT2D eigenvalue weighted by Gasteiger charge is -2.20. The Morgan fingerprint density at radius 2 is 1.82 bits per heavy atom. The quantitative estimate of drug-likeness (QED) is 0.241. The number of benzene rings is 2. The summed E-state index contributed by atoms with van der Waals surface area (Å²) in [5.41, 5.74) is 6.98. The Kier molecular flexibility index (Phi) is 9.30. The number of amides is 2. The number of aryl methyl sites for hydroxylation is 1. The van der Waals surface area contributed by atoms with Gasteiger partial charge in [-0.3, -0.25) is 19.6 Å². The Labute approximate surface area is 192 Å².